The Labute approximate surface area is 97.3 Å². The predicted molar refractivity (Wildman–Crippen MR) is 61.5 cm³/mol. The van der Waals surface area contributed by atoms with Gasteiger partial charge < -0.3 is 9.47 Å². The molecule has 94 valence electrons. The molecule has 0 aromatic carbocycles. The Morgan fingerprint density at radius 1 is 0.938 bits per heavy atom. The molecule has 0 aliphatic carbocycles. The minimum absolute atomic E-state index is 0.0269. The van der Waals surface area contributed by atoms with E-state index in [1.165, 1.54) is 0 Å². The van der Waals surface area contributed by atoms with Crippen molar-refractivity contribution >= 4 is 11.6 Å². The SMILES string of the molecule is CCCOCCCC(=O)COCC(=O)CC. The Balaban J connectivity index is 3.28. The summed E-state index contributed by atoms with van der Waals surface area (Å²) in [4.78, 5) is 22.1. The zero-order chi connectivity index (χ0) is 12.2. The first-order valence-corrected chi connectivity index (χ1v) is 5.89. The maximum absolute atomic E-state index is 11.3. The van der Waals surface area contributed by atoms with E-state index in [0.717, 1.165) is 19.4 Å². The maximum atomic E-state index is 11.3. The van der Waals surface area contributed by atoms with Crippen LogP contribution in [0.15, 0.2) is 0 Å². The van der Waals surface area contributed by atoms with Gasteiger partial charge in [-0.05, 0) is 12.8 Å². The van der Waals surface area contributed by atoms with Crippen molar-refractivity contribution in [1.82, 2.24) is 0 Å². The van der Waals surface area contributed by atoms with Crippen LogP contribution in [0.2, 0.25) is 0 Å². The molecule has 0 heterocycles. The largest absolute Gasteiger partial charge is 0.381 e. The number of carbonyl (C=O) groups is 2. The normalized spacial score (nSPS) is 10.4. The molecule has 0 N–H and O–H groups in total. The van der Waals surface area contributed by atoms with Crippen molar-refractivity contribution in [3.63, 3.8) is 0 Å². The molecular weight excluding hydrogens is 208 g/mol. The van der Waals surface area contributed by atoms with Gasteiger partial charge in [-0.25, -0.2) is 0 Å². The van der Waals surface area contributed by atoms with Crippen LogP contribution in [0.1, 0.15) is 39.5 Å². The van der Waals surface area contributed by atoms with Crippen molar-refractivity contribution < 1.29 is 19.1 Å². The van der Waals surface area contributed by atoms with Crippen LogP contribution in [-0.2, 0) is 19.1 Å². The van der Waals surface area contributed by atoms with Gasteiger partial charge in [0.15, 0.2) is 11.6 Å². The molecule has 0 aromatic heterocycles. The van der Waals surface area contributed by atoms with E-state index in [1.54, 1.807) is 6.92 Å². The fourth-order valence-corrected chi connectivity index (χ4v) is 1.07. The minimum Gasteiger partial charge on any atom is -0.381 e. The van der Waals surface area contributed by atoms with Gasteiger partial charge in [0.05, 0.1) is 0 Å². The van der Waals surface area contributed by atoms with E-state index >= 15 is 0 Å². The van der Waals surface area contributed by atoms with Gasteiger partial charge in [0, 0.05) is 26.1 Å². The van der Waals surface area contributed by atoms with Crippen LogP contribution in [-0.4, -0.2) is 38.0 Å². The fraction of sp³-hybridized carbons (Fsp3) is 0.833. The predicted octanol–water partition coefficient (Wildman–Crippen LogP) is 1.76. The Kier molecular flexibility index (Phi) is 10.3. The first kappa shape index (κ1) is 15.3. The molecule has 4 heteroatoms. The molecule has 0 saturated heterocycles. The Morgan fingerprint density at radius 3 is 2.25 bits per heavy atom. The van der Waals surface area contributed by atoms with Gasteiger partial charge in [-0.15, -0.1) is 0 Å². The van der Waals surface area contributed by atoms with Crippen LogP contribution in [0.25, 0.3) is 0 Å². The topological polar surface area (TPSA) is 52.6 Å². The lowest BCUT2D eigenvalue weighted by Crippen LogP contribution is -2.14. The number of ether oxygens (including phenoxy) is 2. The molecule has 0 bridgehead atoms. The van der Waals surface area contributed by atoms with Gasteiger partial charge in [0.25, 0.3) is 0 Å². The highest BCUT2D eigenvalue weighted by Gasteiger charge is 2.04. The third kappa shape index (κ3) is 9.80. The fourth-order valence-electron chi connectivity index (χ4n) is 1.07. The minimum atomic E-state index is 0.0269. The van der Waals surface area contributed by atoms with Crippen molar-refractivity contribution in [2.24, 2.45) is 0 Å². The Bertz CT molecular complexity index is 201. The monoisotopic (exact) mass is 230 g/mol. The second kappa shape index (κ2) is 10.8. The molecule has 0 saturated carbocycles. The summed E-state index contributed by atoms with van der Waals surface area (Å²) in [6.07, 6.45) is 2.64. The molecule has 0 fully saturated rings. The summed E-state index contributed by atoms with van der Waals surface area (Å²) in [7, 11) is 0. The first-order valence-electron chi connectivity index (χ1n) is 5.89. The van der Waals surface area contributed by atoms with E-state index in [-0.39, 0.29) is 24.8 Å². The van der Waals surface area contributed by atoms with E-state index in [4.69, 9.17) is 9.47 Å². The Morgan fingerprint density at radius 2 is 1.62 bits per heavy atom. The number of hydrogen-bond donors (Lipinski definition) is 0. The number of Topliss-reactive ketones (excluding diaryl/α,β-unsaturated/α-hetero) is 2. The Hall–Kier alpha value is -0.740. The van der Waals surface area contributed by atoms with Crippen LogP contribution in [0.5, 0.6) is 0 Å². The van der Waals surface area contributed by atoms with Gasteiger partial charge in [-0.2, -0.15) is 0 Å². The highest BCUT2D eigenvalue weighted by molar-refractivity contribution is 5.81. The maximum Gasteiger partial charge on any atom is 0.158 e. The summed E-state index contributed by atoms with van der Waals surface area (Å²) in [5.41, 5.74) is 0. The van der Waals surface area contributed by atoms with Gasteiger partial charge in [-0.3, -0.25) is 9.59 Å². The summed E-state index contributed by atoms with van der Waals surface area (Å²) in [5, 5.41) is 0. The third-order valence-corrected chi connectivity index (χ3v) is 2.01. The van der Waals surface area contributed by atoms with Crippen molar-refractivity contribution in [3.05, 3.63) is 0 Å². The third-order valence-electron chi connectivity index (χ3n) is 2.01. The van der Waals surface area contributed by atoms with Crippen molar-refractivity contribution in [1.29, 1.82) is 0 Å². The number of carbonyl (C=O) groups excluding carboxylic acids is 2. The van der Waals surface area contributed by atoms with Gasteiger partial charge in [-0.1, -0.05) is 13.8 Å². The zero-order valence-corrected chi connectivity index (χ0v) is 10.3. The number of rotatable bonds is 11. The summed E-state index contributed by atoms with van der Waals surface area (Å²) in [6.45, 7) is 5.28. The smallest absolute Gasteiger partial charge is 0.158 e. The van der Waals surface area contributed by atoms with Gasteiger partial charge >= 0.3 is 0 Å². The molecule has 0 aliphatic heterocycles. The summed E-state index contributed by atoms with van der Waals surface area (Å²) < 4.78 is 10.2. The van der Waals surface area contributed by atoms with Gasteiger partial charge in [0.1, 0.15) is 13.2 Å². The molecule has 0 atom stereocenters. The average molecular weight is 230 g/mol. The summed E-state index contributed by atoms with van der Waals surface area (Å²) >= 11 is 0. The highest BCUT2D eigenvalue weighted by Crippen LogP contribution is 1.94. The van der Waals surface area contributed by atoms with Crippen molar-refractivity contribution in [3.8, 4) is 0 Å². The second-order valence-electron chi connectivity index (χ2n) is 3.64. The lowest BCUT2D eigenvalue weighted by atomic mass is 10.2. The molecule has 0 aromatic rings. The molecule has 0 rings (SSSR count). The van der Waals surface area contributed by atoms with Crippen LogP contribution >= 0.6 is 0 Å². The molecular formula is C12H22O4. The molecule has 0 unspecified atom stereocenters. The van der Waals surface area contributed by atoms with E-state index in [2.05, 4.69) is 0 Å². The van der Waals surface area contributed by atoms with Crippen LogP contribution in [0, 0.1) is 0 Å². The lowest BCUT2D eigenvalue weighted by Gasteiger charge is -2.03. The first-order chi connectivity index (χ1) is 7.70. The standard InChI is InChI=1S/C12H22O4/c1-3-7-15-8-5-6-12(14)10-16-9-11(13)4-2/h3-10H2,1-2H3. The van der Waals surface area contributed by atoms with Gasteiger partial charge in [0.2, 0.25) is 0 Å². The molecule has 0 aliphatic rings. The van der Waals surface area contributed by atoms with E-state index in [1.807, 2.05) is 6.92 Å². The van der Waals surface area contributed by atoms with E-state index < -0.39 is 0 Å². The molecule has 0 spiro atoms. The molecule has 0 radical (unpaired) electrons. The van der Waals surface area contributed by atoms with Crippen molar-refractivity contribution in [2.45, 2.75) is 39.5 Å². The van der Waals surface area contributed by atoms with Crippen LogP contribution < -0.4 is 0 Å². The zero-order valence-electron chi connectivity index (χ0n) is 10.3. The van der Waals surface area contributed by atoms with E-state index in [0.29, 0.717) is 19.4 Å². The summed E-state index contributed by atoms with van der Waals surface area (Å²) in [5.74, 6) is 0.0584. The lowest BCUT2D eigenvalue weighted by molar-refractivity contribution is -0.128. The second-order valence-corrected chi connectivity index (χ2v) is 3.64. The van der Waals surface area contributed by atoms with E-state index in [9.17, 15) is 9.59 Å². The van der Waals surface area contributed by atoms with Crippen LogP contribution in [0.3, 0.4) is 0 Å². The van der Waals surface area contributed by atoms with Crippen molar-refractivity contribution in [2.75, 3.05) is 26.4 Å². The molecule has 0 amide bonds. The quantitative estimate of drug-likeness (QED) is 0.507. The highest BCUT2D eigenvalue weighted by atomic mass is 16.5. The number of ketones is 2. The number of hydrogen-bond acceptors (Lipinski definition) is 4. The molecule has 16 heavy (non-hydrogen) atoms. The van der Waals surface area contributed by atoms with Crippen LogP contribution in [0.4, 0.5) is 0 Å². The summed E-state index contributed by atoms with van der Waals surface area (Å²) in [6, 6.07) is 0. The average Bonchev–Trinajstić information content (AvgIpc) is 2.28. The molecule has 4 nitrogen and oxygen atoms in total.